The lowest BCUT2D eigenvalue weighted by atomic mass is 10.1. The second-order valence-corrected chi connectivity index (χ2v) is 7.93. The number of aromatic amines is 2. The molecule has 4 N–H and O–H groups in total. The van der Waals surface area contributed by atoms with Gasteiger partial charge < -0.3 is 29.8 Å². The highest BCUT2D eigenvalue weighted by Gasteiger charge is 2.17. The number of hydrogen-bond donors (Lipinski definition) is 4. The third-order valence-electron chi connectivity index (χ3n) is 5.30. The molecule has 38 heavy (non-hydrogen) atoms. The van der Waals surface area contributed by atoms with E-state index in [4.69, 9.17) is 14.2 Å². The molecule has 0 bridgehead atoms. The lowest BCUT2D eigenvalue weighted by Crippen LogP contribution is -2.20. The number of ether oxygens (including phenoxy) is 3. The Morgan fingerprint density at radius 2 is 1.84 bits per heavy atom. The third-order valence-corrected chi connectivity index (χ3v) is 5.30. The number of fused-ring (bicyclic) bond motifs is 1. The van der Waals surface area contributed by atoms with Gasteiger partial charge in [-0.1, -0.05) is 17.3 Å². The standard InChI is InChI=1S/C25H24N6O7/c1-35-7-8-36-9-10-37-14-21(32)27-19-4-2-3-16-12-20(28-22(16)19)24(33)29-18-6-5-15(13-26)11-17(18)23-30-25(34)38-31-23/h2-6,11-12,28H,7-10,14H2,1H3,(H,27,32)(H,29,33)(H,30,31,34). The Hall–Kier alpha value is -4.77. The van der Waals surface area contributed by atoms with Crippen LogP contribution < -0.4 is 16.4 Å². The number of nitriles is 1. The third kappa shape index (κ3) is 6.51. The SMILES string of the molecule is COCCOCCOCC(=O)Nc1cccc2cc(C(=O)Nc3ccc(C#N)cc3-c3noc(=O)[nH]3)[nH]c12. The minimum Gasteiger partial charge on any atom is -0.382 e. The monoisotopic (exact) mass is 520 g/mol. The average Bonchev–Trinajstić information content (AvgIpc) is 3.55. The number of anilines is 2. The van der Waals surface area contributed by atoms with Crippen molar-refractivity contribution in [3.8, 4) is 17.5 Å². The highest BCUT2D eigenvalue weighted by Crippen LogP contribution is 2.28. The van der Waals surface area contributed by atoms with Crippen molar-refractivity contribution in [3.05, 3.63) is 64.3 Å². The van der Waals surface area contributed by atoms with Crippen molar-refractivity contribution in [3.63, 3.8) is 0 Å². The molecule has 0 fully saturated rings. The summed E-state index contributed by atoms with van der Waals surface area (Å²) in [6.45, 7) is 1.37. The van der Waals surface area contributed by atoms with Gasteiger partial charge >= 0.3 is 5.76 Å². The number of methoxy groups -OCH3 is 1. The van der Waals surface area contributed by atoms with Crippen LogP contribution >= 0.6 is 0 Å². The molecule has 0 aliphatic rings. The Morgan fingerprint density at radius 3 is 2.61 bits per heavy atom. The second-order valence-electron chi connectivity index (χ2n) is 7.93. The van der Waals surface area contributed by atoms with E-state index < -0.39 is 11.7 Å². The lowest BCUT2D eigenvalue weighted by Gasteiger charge is -2.09. The molecule has 0 aliphatic carbocycles. The number of carbonyl (C=O) groups excluding carboxylic acids is 2. The van der Waals surface area contributed by atoms with Crippen molar-refractivity contribution in [2.24, 2.45) is 0 Å². The summed E-state index contributed by atoms with van der Waals surface area (Å²) in [5.41, 5.74) is 2.15. The summed E-state index contributed by atoms with van der Waals surface area (Å²) in [5.74, 6) is -1.57. The van der Waals surface area contributed by atoms with Gasteiger partial charge in [-0.3, -0.25) is 19.1 Å². The Labute approximate surface area is 215 Å². The molecule has 2 amide bonds. The van der Waals surface area contributed by atoms with Crippen LogP contribution in [-0.4, -0.2) is 67.1 Å². The molecule has 0 atom stereocenters. The van der Waals surface area contributed by atoms with Gasteiger partial charge in [0.25, 0.3) is 5.91 Å². The van der Waals surface area contributed by atoms with Gasteiger partial charge in [0.2, 0.25) is 5.91 Å². The van der Waals surface area contributed by atoms with Crippen LogP contribution in [0.15, 0.2) is 51.8 Å². The summed E-state index contributed by atoms with van der Waals surface area (Å²) in [7, 11) is 1.58. The number of carbonyl (C=O) groups is 2. The fourth-order valence-corrected chi connectivity index (χ4v) is 3.55. The molecular formula is C25H24N6O7. The van der Waals surface area contributed by atoms with E-state index in [0.29, 0.717) is 53.2 Å². The van der Waals surface area contributed by atoms with Gasteiger partial charge in [-0.05, 0) is 30.3 Å². The summed E-state index contributed by atoms with van der Waals surface area (Å²) in [5, 5.41) is 19.1. The van der Waals surface area contributed by atoms with Gasteiger partial charge in [0.05, 0.1) is 55.0 Å². The number of aromatic nitrogens is 3. The zero-order chi connectivity index (χ0) is 26.9. The van der Waals surface area contributed by atoms with Crippen molar-refractivity contribution >= 4 is 34.1 Å². The van der Waals surface area contributed by atoms with E-state index in [-0.39, 0.29) is 30.6 Å². The minimum absolute atomic E-state index is 0.0628. The van der Waals surface area contributed by atoms with Gasteiger partial charge in [0.15, 0.2) is 5.82 Å². The predicted octanol–water partition coefficient (Wildman–Crippen LogP) is 2.25. The number of hydrogen-bond acceptors (Lipinski definition) is 9. The Bertz CT molecular complexity index is 1530. The lowest BCUT2D eigenvalue weighted by molar-refractivity contribution is -0.121. The molecule has 0 saturated carbocycles. The van der Waals surface area contributed by atoms with Gasteiger partial charge in [-0.15, -0.1) is 0 Å². The molecule has 0 aliphatic heterocycles. The number of H-pyrrole nitrogens is 2. The molecule has 13 nitrogen and oxygen atoms in total. The van der Waals surface area contributed by atoms with Crippen molar-refractivity contribution in [1.82, 2.24) is 15.1 Å². The molecule has 13 heteroatoms. The fourth-order valence-electron chi connectivity index (χ4n) is 3.55. The van der Waals surface area contributed by atoms with Crippen LogP contribution in [0.25, 0.3) is 22.3 Å². The molecule has 4 rings (SSSR count). The molecule has 2 aromatic carbocycles. The summed E-state index contributed by atoms with van der Waals surface area (Å²) >= 11 is 0. The maximum Gasteiger partial charge on any atom is 0.439 e. The summed E-state index contributed by atoms with van der Waals surface area (Å²) < 4.78 is 20.0. The molecule has 196 valence electrons. The fraction of sp³-hybridized carbons (Fsp3) is 0.240. The normalized spacial score (nSPS) is 10.8. The van der Waals surface area contributed by atoms with E-state index in [1.165, 1.54) is 18.2 Å². The first kappa shape index (κ1) is 26.3. The molecule has 0 radical (unpaired) electrons. The van der Waals surface area contributed by atoms with Crippen LogP contribution in [0, 0.1) is 11.3 Å². The highest BCUT2D eigenvalue weighted by molar-refractivity contribution is 6.09. The van der Waals surface area contributed by atoms with Crippen LogP contribution in [-0.2, 0) is 19.0 Å². The minimum atomic E-state index is -0.773. The molecule has 2 heterocycles. The summed E-state index contributed by atoms with van der Waals surface area (Å²) in [6.07, 6.45) is 0. The Balaban J connectivity index is 1.44. The second kappa shape index (κ2) is 12.5. The number of rotatable bonds is 12. The number of para-hydroxylation sites is 1. The van der Waals surface area contributed by atoms with Crippen LogP contribution in [0.3, 0.4) is 0 Å². The first-order valence-corrected chi connectivity index (χ1v) is 11.5. The first-order valence-electron chi connectivity index (χ1n) is 11.5. The molecule has 0 spiro atoms. The van der Waals surface area contributed by atoms with Crippen LogP contribution in [0.5, 0.6) is 0 Å². The topological polar surface area (TPSA) is 184 Å². The van der Waals surface area contributed by atoms with Crippen molar-refractivity contribution in [1.29, 1.82) is 5.26 Å². The predicted molar refractivity (Wildman–Crippen MR) is 136 cm³/mol. The largest absolute Gasteiger partial charge is 0.439 e. The molecule has 0 saturated heterocycles. The summed E-state index contributed by atoms with van der Waals surface area (Å²) in [4.78, 5) is 42.3. The van der Waals surface area contributed by atoms with Gasteiger partial charge in [0.1, 0.15) is 12.3 Å². The quantitative estimate of drug-likeness (QED) is 0.203. The number of nitrogens with one attached hydrogen (secondary N) is 4. The van der Waals surface area contributed by atoms with Crippen molar-refractivity contribution in [2.45, 2.75) is 0 Å². The van der Waals surface area contributed by atoms with Gasteiger partial charge in [-0.2, -0.15) is 5.26 Å². The average molecular weight is 521 g/mol. The van der Waals surface area contributed by atoms with Crippen molar-refractivity contribution < 1.29 is 28.3 Å². The summed E-state index contributed by atoms with van der Waals surface area (Å²) in [6, 6.07) is 13.4. The number of amides is 2. The zero-order valence-corrected chi connectivity index (χ0v) is 20.3. The molecule has 4 aromatic rings. The van der Waals surface area contributed by atoms with Crippen molar-refractivity contribution in [2.75, 3.05) is 50.8 Å². The maximum absolute atomic E-state index is 13.1. The first-order chi connectivity index (χ1) is 18.5. The zero-order valence-electron chi connectivity index (χ0n) is 20.3. The van der Waals surface area contributed by atoms with E-state index in [1.807, 2.05) is 6.07 Å². The maximum atomic E-state index is 13.1. The van der Waals surface area contributed by atoms with E-state index >= 15 is 0 Å². The van der Waals surface area contributed by atoms with E-state index in [9.17, 15) is 19.6 Å². The number of benzene rings is 2. The molecule has 0 unspecified atom stereocenters. The van der Waals surface area contributed by atoms with E-state index in [1.54, 1.807) is 31.4 Å². The Morgan fingerprint density at radius 1 is 1.03 bits per heavy atom. The van der Waals surface area contributed by atoms with Crippen LogP contribution in [0.2, 0.25) is 0 Å². The number of nitrogens with zero attached hydrogens (tertiary/aromatic N) is 2. The molecular weight excluding hydrogens is 496 g/mol. The van der Waals surface area contributed by atoms with Crippen LogP contribution in [0.1, 0.15) is 16.1 Å². The highest BCUT2D eigenvalue weighted by atomic mass is 16.5. The van der Waals surface area contributed by atoms with Crippen LogP contribution in [0.4, 0.5) is 11.4 Å². The smallest absolute Gasteiger partial charge is 0.382 e. The van der Waals surface area contributed by atoms with Gasteiger partial charge in [-0.25, -0.2) is 4.79 Å². The van der Waals surface area contributed by atoms with E-state index in [0.717, 1.165) is 0 Å². The van der Waals surface area contributed by atoms with Gasteiger partial charge in [0, 0.05) is 18.1 Å². The molecule has 2 aromatic heterocycles. The Kier molecular flexibility index (Phi) is 8.62. The van der Waals surface area contributed by atoms with E-state index in [2.05, 4.69) is 30.3 Å².